The zero-order chi connectivity index (χ0) is 10.8. The van der Waals surface area contributed by atoms with Gasteiger partial charge in [0.2, 0.25) is 0 Å². The van der Waals surface area contributed by atoms with Crippen molar-refractivity contribution in [1.29, 1.82) is 0 Å². The highest BCUT2D eigenvalue weighted by molar-refractivity contribution is 5.55. The van der Waals surface area contributed by atoms with Crippen LogP contribution in [0.2, 0.25) is 0 Å². The van der Waals surface area contributed by atoms with Crippen LogP contribution in [-0.2, 0) is 4.74 Å². The highest BCUT2D eigenvalue weighted by atomic mass is 16.5. The molecule has 16 heavy (non-hydrogen) atoms. The summed E-state index contributed by atoms with van der Waals surface area (Å²) in [6.07, 6.45) is 3.52. The number of ether oxygens (including phenoxy) is 2. The van der Waals surface area contributed by atoms with Crippen LogP contribution in [0.25, 0.3) is 0 Å². The van der Waals surface area contributed by atoms with E-state index in [-0.39, 0.29) is 6.10 Å². The van der Waals surface area contributed by atoms with Crippen LogP contribution in [0.5, 0.6) is 5.75 Å². The standard InChI is InChI=1S/C11H16N2O3/c1-3-14-4-2-13(1)6-9-5-12-10-7-15-8-11(10)16-9/h7-9,12H,1-6H2. The third kappa shape index (κ3) is 2.01. The van der Waals surface area contributed by atoms with E-state index >= 15 is 0 Å². The quantitative estimate of drug-likeness (QED) is 0.804. The lowest BCUT2D eigenvalue weighted by Crippen LogP contribution is -2.45. The lowest BCUT2D eigenvalue weighted by atomic mass is 10.2. The molecular weight excluding hydrogens is 208 g/mol. The first kappa shape index (κ1) is 9.99. The maximum Gasteiger partial charge on any atom is 0.181 e. The molecule has 5 heteroatoms. The molecule has 0 aliphatic carbocycles. The van der Waals surface area contributed by atoms with Gasteiger partial charge in [0.05, 0.1) is 19.8 Å². The van der Waals surface area contributed by atoms with Crippen molar-refractivity contribution in [1.82, 2.24) is 4.90 Å². The summed E-state index contributed by atoms with van der Waals surface area (Å²) in [4.78, 5) is 2.38. The average Bonchev–Trinajstić information content (AvgIpc) is 2.77. The molecule has 0 radical (unpaired) electrons. The van der Waals surface area contributed by atoms with Gasteiger partial charge in [0, 0.05) is 19.6 Å². The molecule has 2 aliphatic rings. The number of nitrogens with zero attached hydrogens (tertiary/aromatic N) is 1. The SMILES string of the molecule is c1occ2c1NCC(CN1CCOCC1)O2. The topological polar surface area (TPSA) is 46.9 Å². The van der Waals surface area contributed by atoms with Gasteiger partial charge in [-0.3, -0.25) is 4.90 Å². The normalized spacial score (nSPS) is 25.6. The molecule has 1 unspecified atom stereocenters. The summed E-state index contributed by atoms with van der Waals surface area (Å²) in [5.74, 6) is 0.824. The maximum atomic E-state index is 5.84. The molecule has 3 rings (SSSR count). The van der Waals surface area contributed by atoms with E-state index < -0.39 is 0 Å². The largest absolute Gasteiger partial charge is 0.482 e. The predicted octanol–water partition coefficient (Wildman–Crippen LogP) is 0.785. The summed E-state index contributed by atoms with van der Waals surface area (Å²) in [7, 11) is 0. The molecule has 1 aromatic rings. The molecule has 0 saturated carbocycles. The molecule has 2 aliphatic heterocycles. The van der Waals surface area contributed by atoms with E-state index in [1.807, 2.05) is 0 Å². The maximum absolute atomic E-state index is 5.84. The second-order valence-corrected chi connectivity index (χ2v) is 4.18. The highest BCUT2D eigenvalue weighted by Gasteiger charge is 2.23. The van der Waals surface area contributed by atoms with Crippen LogP contribution >= 0.6 is 0 Å². The number of hydrogen-bond acceptors (Lipinski definition) is 5. The Kier molecular flexibility index (Phi) is 2.71. The van der Waals surface area contributed by atoms with Crippen LogP contribution in [0.1, 0.15) is 0 Å². The first-order valence-electron chi connectivity index (χ1n) is 5.68. The van der Waals surface area contributed by atoms with Gasteiger partial charge < -0.3 is 19.2 Å². The van der Waals surface area contributed by atoms with E-state index in [0.717, 1.165) is 50.8 Å². The van der Waals surface area contributed by atoms with Crippen molar-refractivity contribution >= 4 is 5.69 Å². The van der Waals surface area contributed by atoms with Crippen molar-refractivity contribution in [2.45, 2.75) is 6.10 Å². The first-order valence-corrected chi connectivity index (χ1v) is 5.68. The smallest absolute Gasteiger partial charge is 0.181 e. The number of rotatable bonds is 2. The zero-order valence-corrected chi connectivity index (χ0v) is 9.15. The van der Waals surface area contributed by atoms with Crippen LogP contribution in [0.15, 0.2) is 16.9 Å². The summed E-state index contributed by atoms with van der Waals surface area (Å²) in [6, 6.07) is 0. The van der Waals surface area contributed by atoms with Crippen LogP contribution in [0, 0.1) is 0 Å². The molecule has 3 heterocycles. The van der Waals surface area contributed by atoms with Crippen molar-refractivity contribution in [3.63, 3.8) is 0 Å². The van der Waals surface area contributed by atoms with E-state index in [9.17, 15) is 0 Å². The number of fused-ring (bicyclic) bond motifs is 1. The Morgan fingerprint density at radius 3 is 3.06 bits per heavy atom. The van der Waals surface area contributed by atoms with Crippen LogP contribution in [0.4, 0.5) is 5.69 Å². The Hall–Kier alpha value is -1.20. The monoisotopic (exact) mass is 224 g/mol. The van der Waals surface area contributed by atoms with Crippen molar-refractivity contribution in [2.24, 2.45) is 0 Å². The molecule has 1 saturated heterocycles. The second-order valence-electron chi connectivity index (χ2n) is 4.18. The molecule has 1 fully saturated rings. The van der Waals surface area contributed by atoms with Crippen molar-refractivity contribution < 1.29 is 13.9 Å². The van der Waals surface area contributed by atoms with Gasteiger partial charge in [0.1, 0.15) is 24.3 Å². The fourth-order valence-corrected chi connectivity index (χ4v) is 2.12. The van der Waals surface area contributed by atoms with Gasteiger partial charge in [-0.15, -0.1) is 0 Å². The molecule has 88 valence electrons. The lowest BCUT2D eigenvalue weighted by molar-refractivity contribution is 0.0202. The van der Waals surface area contributed by atoms with Gasteiger partial charge >= 0.3 is 0 Å². The zero-order valence-electron chi connectivity index (χ0n) is 9.15. The Balaban J connectivity index is 1.57. The summed E-state index contributed by atoms with van der Waals surface area (Å²) in [5.41, 5.74) is 0.957. The fourth-order valence-electron chi connectivity index (χ4n) is 2.12. The van der Waals surface area contributed by atoms with Crippen LogP contribution in [-0.4, -0.2) is 50.4 Å². The minimum atomic E-state index is 0.197. The summed E-state index contributed by atoms with van der Waals surface area (Å²) in [6.45, 7) is 5.44. The minimum Gasteiger partial charge on any atom is -0.482 e. The molecule has 0 aromatic carbocycles. The van der Waals surface area contributed by atoms with Gasteiger partial charge in [-0.2, -0.15) is 0 Å². The molecule has 1 N–H and O–H groups in total. The van der Waals surface area contributed by atoms with Gasteiger partial charge in [0.15, 0.2) is 5.75 Å². The van der Waals surface area contributed by atoms with E-state index in [1.165, 1.54) is 0 Å². The third-order valence-electron chi connectivity index (χ3n) is 3.01. The third-order valence-corrected chi connectivity index (χ3v) is 3.01. The highest BCUT2D eigenvalue weighted by Crippen LogP contribution is 2.29. The summed E-state index contributed by atoms with van der Waals surface area (Å²) in [5, 5.41) is 3.31. The molecule has 0 spiro atoms. The van der Waals surface area contributed by atoms with Crippen molar-refractivity contribution in [2.75, 3.05) is 44.7 Å². The van der Waals surface area contributed by atoms with Gasteiger partial charge in [-0.25, -0.2) is 0 Å². The van der Waals surface area contributed by atoms with Crippen LogP contribution < -0.4 is 10.1 Å². The van der Waals surface area contributed by atoms with E-state index in [2.05, 4.69) is 10.2 Å². The Morgan fingerprint density at radius 2 is 2.19 bits per heavy atom. The Bertz CT molecular complexity index is 347. The van der Waals surface area contributed by atoms with Crippen molar-refractivity contribution in [3.05, 3.63) is 12.5 Å². The Morgan fingerprint density at radius 1 is 1.31 bits per heavy atom. The van der Waals surface area contributed by atoms with E-state index in [0.29, 0.717) is 0 Å². The van der Waals surface area contributed by atoms with Gasteiger partial charge in [-0.1, -0.05) is 0 Å². The number of furan rings is 1. The predicted molar refractivity (Wildman–Crippen MR) is 58.9 cm³/mol. The van der Waals surface area contributed by atoms with Crippen molar-refractivity contribution in [3.8, 4) is 5.75 Å². The number of morpholine rings is 1. The number of nitrogens with one attached hydrogen (secondary N) is 1. The molecule has 1 atom stereocenters. The Labute approximate surface area is 94.3 Å². The molecule has 5 nitrogen and oxygen atoms in total. The summed E-state index contributed by atoms with van der Waals surface area (Å²) >= 11 is 0. The van der Waals surface area contributed by atoms with E-state index in [1.54, 1.807) is 12.5 Å². The van der Waals surface area contributed by atoms with Crippen LogP contribution in [0.3, 0.4) is 0 Å². The first-order chi connectivity index (χ1) is 7.92. The van der Waals surface area contributed by atoms with E-state index in [4.69, 9.17) is 13.9 Å². The fraction of sp³-hybridized carbons (Fsp3) is 0.636. The van der Waals surface area contributed by atoms with Gasteiger partial charge in [0.25, 0.3) is 0 Å². The second kappa shape index (κ2) is 4.35. The molecular formula is C11H16N2O3. The number of anilines is 1. The number of hydrogen-bond donors (Lipinski definition) is 1. The molecule has 0 bridgehead atoms. The minimum absolute atomic E-state index is 0.197. The summed E-state index contributed by atoms with van der Waals surface area (Å²) < 4.78 is 16.2. The van der Waals surface area contributed by atoms with Gasteiger partial charge in [-0.05, 0) is 0 Å². The average molecular weight is 224 g/mol. The molecule has 0 amide bonds. The molecule has 1 aromatic heterocycles. The lowest BCUT2D eigenvalue weighted by Gasteiger charge is -2.32.